The summed E-state index contributed by atoms with van der Waals surface area (Å²) in [5.74, 6) is -0.731. The predicted molar refractivity (Wildman–Crippen MR) is 113 cm³/mol. The van der Waals surface area contributed by atoms with E-state index < -0.39 is 0 Å². The van der Waals surface area contributed by atoms with Gasteiger partial charge in [-0.05, 0) is 84.5 Å². The van der Waals surface area contributed by atoms with Crippen molar-refractivity contribution in [2.45, 2.75) is 13.8 Å². The van der Waals surface area contributed by atoms with Crippen molar-refractivity contribution in [3.63, 3.8) is 0 Å². The van der Waals surface area contributed by atoms with Gasteiger partial charge in [0.2, 0.25) is 0 Å². The first-order valence-corrected chi connectivity index (χ1v) is 9.59. The Morgan fingerprint density at radius 1 is 1.00 bits per heavy atom. The van der Waals surface area contributed by atoms with Crippen LogP contribution in [0.25, 0.3) is 6.08 Å². The van der Waals surface area contributed by atoms with E-state index in [9.17, 15) is 9.59 Å². The van der Waals surface area contributed by atoms with Crippen molar-refractivity contribution < 1.29 is 9.59 Å². The summed E-state index contributed by atoms with van der Waals surface area (Å²) in [6.07, 6.45) is 1.64. The Labute approximate surface area is 166 Å². The maximum atomic E-state index is 12.6. The van der Waals surface area contributed by atoms with E-state index in [0.29, 0.717) is 5.69 Å². The fraction of sp³-hybridized carbons (Fsp3) is 0.200. The van der Waals surface area contributed by atoms with Crippen LogP contribution in [0.4, 0.5) is 11.4 Å². The maximum Gasteiger partial charge on any atom is 0.282 e. The molecule has 1 aliphatic heterocycles. The van der Waals surface area contributed by atoms with Gasteiger partial charge in [0.1, 0.15) is 5.57 Å². The number of anilines is 2. The van der Waals surface area contributed by atoms with Gasteiger partial charge in [-0.1, -0.05) is 12.1 Å². The van der Waals surface area contributed by atoms with E-state index in [1.165, 1.54) is 5.01 Å². The second-order valence-electron chi connectivity index (χ2n) is 5.88. The second-order valence-corrected chi connectivity index (χ2v) is 7.13. The molecule has 1 heterocycles. The van der Waals surface area contributed by atoms with Gasteiger partial charge >= 0.3 is 0 Å². The number of hydrazine groups is 1. The number of nitrogens with one attached hydrogen (secondary N) is 1. The molecule has 1 aliphatic rings. The fourth-order valence-electron chi connectivity index (χ4n) is 2.87. The van der Waals surface area contributed by atoms with Crippen LogP contribution in [-0.2, 0) is 9.59 Å². The number of nitrogens with zero attached hydrogens (tertiary/aromatic N) is 2. The summed E-state index contributed by atoms with van der Waals surface area (Å²) in [5, 5.41) is 1.29. The standard InChI is InChI=1S/C20H20IN3O2/c1-3-23(4-2)16-9-5-14(6-10-16)13-18-19(25)22-24(20(18)26)17-11-7-15(21)8-12-17/h5-13H,3-4H2,1-2H3,(H,22,25)/b18-13+. The van der Waals surface area contributed by atoms with Crippen molar-refractivity contribution in [2.24, 2.45) is 0 Å². The van der Waals surface area contributed by atoms with Gasteiger partial charge < -0.3 is 4.90 Å². The molecule has 6 heteroatoms. The number of rotatable bonds is 5. The highest BCUT2D eigenvalue weighted by molar-refractivity contribution is 14.1. The molecule has 0 spiro atoms. The summed E-state index contributed by atoms with van der Waals surface area (Å²) in [7, 11) is 0. The quantitative estimate of drug-likeness (QED) is 0.421. The smallest absolute Gasteiger partial charge is 0.282 e. The van der Waals surface area contributed by atoms with Crippen LogP contribution in [0.5, 0.6) is 0 Å². The second kappa shape index (κ2) is 7.90. The molecule has 5 nitrogen and oxygen atoms in total. The molecule has 0 bridgehead atoms. The van der Waals surface area contributed by atoms with Gasteiger partial charge in [0, 0.05) is 22.3 Å². The maximum absolute atomic E-state index is 12.6. The number of hydrogen-bond acceptors (Lipinski definition) is 3. The molecule has 1 N–H and O–H groups in total. The van der Waals surface area contributed by atoms with Crippen molar-refractivity contribution in [2.75, 3.05) is 23.0 Å². The zero-order valence-electron chi connectivity index (χ0n) is 14.7. The van der Waals surface area contributed by atoms with Crippen LogP contribution >= 0.6 is 22.6 Å². The normalized spacial score (nSPS) is 15.5. The van der Waals surface area contributed by atoms with Crippen molar-refractivity contribution in [1.82, 2.24) is 5.43 Å². The van der Waals surface area contributed by atoms with Gasteiger partial charge in [-0.3, -0.25) is 15.0 Å². The first-order chi connectivity index (χ1) is 12.5. The van der Waals surface area contributed by atoms with Crippen molar-refractivity contribution in [1.29, 1.82) is 0 Å². The van der Waals surface area contributed by atoms with Crippen molar-refractivity contribution in [3.8, 4) is 0 Å². The van der Waals surface area contributed by atoms with Crippen LogP contribution < -0.4 is 15.3 Å². The van der Waals surface area contributed by atoms with Gasteiger partial charge in [0.25, 0.3) is 11.8 Å². The molecule has 2 aromatic carbocycles. The molecule has 2 amide bonds. The minimum Gasteiger partial charge on any atom is -0.372 e. The molecule has 0 saturated carbocycles. The van der Waals surface area contributed by atoms with Gasteiger partial charge in [-0.15, -0.1) is 0 Å². The Kier molecular flexibility index (Phi) is 5.61. The molecule has 1 saturated heterocycles. The third kappa shape index (κ3) is 3.75. The molecule has 134 valence electrons. The number of hydrogen-bond donors (Lipinski definition) is 1. The number of carbonyl (C=O) groups is 2. The van der Waals surface area contributed by atoms with Crippen molar-refractivity contribution in [3.05, 3.63) is 63.2 Å². The van der Waals surface area contributed by atoms with E-state index in [4.69, 9.17) is 0 Å². The highest BCUT2D eigenvalue weighted by Crippen LogP contribution is 2.23. The Morgan fingerprint density at radius 2 is 1.62 bits per heavy atom. The molecular weight excluding hydrogens is 441 g/mol. The number of benzene rings is 2. The summed E-state index contributed by atoms with van der Waals surface area (Å²) in [6.45, 7) is 6.09. The van der Waals surface area contributed by atoms with E-state index in [1.807, 2.05) is 48.5 Å². The topological polar surface area (TPSA) is 52.7 Å². The van der Waals surface area contributed by atoms with E-state index in [2.05, 4.69) is 46.8 Å². The van der Waals surface area contributed by atoms with Crippen LogP contribution in [0.2, 0.25) is 0 Å². The van der Waals surface area contributed by atoms with Crippen molar-refractivity contribution >= 4 is 51.9 Å². The highest BCUT2D eigenvalue weighted by Gasteiger charge is 2.34. The lowest BCUT2D eigenvalue weighted by Gasteiger charge is -2.20. The minimum absolute atomic E-state index is 0.138. The zero-order valence-corrected chi connectivity index (χ0v) is 16.9. The third-order valence-electron chi connectivity index (χ3n) is 4.31. The van der Waals surface area contributed by atoms with Crippen LogP contribution in [0.15, 0.2) is 54.1 Å². The lowest BCUT2D eigenvalue weighted by atomic mass is 10.1. The third-order valence-corrected chi connectivity index (χ3v) is 5.03. The lowest BCUT2D eigenvalue weighted by molar-refractivity contribution is -0.117. The first-order valence-electron chi connectivity index (χ1n) is 8.51. The van der Waals surface area contributed by atoms with Gasteiger partial charge in [-0.25, -0.2) is 5.01 Å². The number of amides is 2. The number of halogens is 1. The molecule has 1 fully saturated rings. The molecule has 2 aromatic rings. The number of carbonyl (C=O) groups excluding carboxylic acids is 2. The van der Waals surface area contributed by atoms with Crippen LogP contribution in [0, 0.1) is 3.57 Å². The largest absolute Gasteiger partial charge is 0.372 e. The summed E-state index contributed by atoms with van der Waals surface area (Å²) in [5.41, 5.74) is 5.35. The predicted octanol–water partition coefficient (Wildman–Crippen LogP) is 3.60. The molecule has 0 radical (unpaired) electrons. The molecule has 26 heavy (non-hydrogen) atoms. The zero-order chi connectivity index (χ0) is 18.7. The van der Waals surface area contributed by atoms with Gasteiger partial charge in [-0.2, -0.15) is 0 Å². The summed E-state index contributed by atoms with van der Waals surface area (Å²) >= 11 is 2.20. The highest BCUT2D eigenvalue weighted by atomic mass is 127. The van der Waals surface area contributed by atoms with Gasteiger partial charge in [0.15, 0.2) is 0 Å². The van der Waals surface area contributed by atoms with Gasteiger partial charge in [0.05, 0.1) is 5.69 Å². The Hall–Kier alpha value is -2.35. The minimum atomic E-state index is -0.388. The Bertz CT molecular complexity index is 840. The molecule has 3 rings (SSSR count). The molecule has 0 aliphatic carbocycles. The monoisotopic (exact) mass is 461 g/mol. The molecule has 0 aromatic heterocycles. The summed E-state index contributed by atoms with van der Waals surface area (Å²) in [4.78, 5) is 27.1. The average Bonchev–Trinajstić information content (AvgIpc) is 2.93. The lowest BCUT2D eigenvalue weighted by Crippen LogP contribution is -2.35. The average molecular weight is 461 g/mol. The first kappa shape index (κ1) is 18.4. The molecule has 0 unspecified atom stereocenters. The Balaban J connectivity index is 1.83. The summed E-state index contributed by atoms with van der Waals surface area (Å²) in [6, 6.07) is 15.3. The Morgan fingerprint density at radius 3 is 2.19 bits per heavy atom. The summed E-state index contributed by atoms with van der Waals surface area (Å²) < 4.78 is 1.06. The van der Waals surface area contributed by atoms with E-state index >= 15 is 0 Å². The van der Waals surface area contributed by atoms with E-state index in [-0.39, 0.29) is 17.4 Å². The molecule has 0 atom stereocenters. The molecular formula is C20H20IN3O2. The van der Waals surface area contributed by atoms with Crippen LogP contribution in [0.1, 0.15) is 19.4 Å². The van der Waals surface area contributed by atoms with E-state index in [0.717, 1.165) is 27.9 Å². The van der Waals surface area contributed by atoms with Crippen LogP contribution in [-0.4, -0.2) is 24.9 Å². The van der Waals surface area contributed by atoms with Crippen LogP contribution in [0.3, 0.4) is 0 Å². The van der Waals surface area contributed by atoms with E-state index in [1.54, 1.807) is 6.08 Å². The SMILES string of the molecule is CCN(CC)c1ccc(/C=C2\C(=O)NN(c3ccc(I)cc3)C2=O)cc1. The fourth-order valence-corrected chi connectivity index (χ4v) is 3.23.